The molecule has 0 bridgehead atoms. The maximum atomic E-state index is 11.0. The average Bonchev–Trinajstić information content (AvgIpc) is 1.97. The fourth-order valence-electron chi connectivity index (χ4n) is 1.15. The standard InChI is InChI=1S/C6H14N2O2S/c7-5-6(8)1-3-11(9,10)4-2-6/h1-5,7-8H2. The van der Waals surface area contributed by atoms with Crippen LogP contribution in [0.15, 0.2) is 0 Å². The monoisotopic (exact) mass is 178 g/mol. The molecule has 4 nitrogen and oxygen atoms in total. The molecule has 1 aliphatic heterocycles. The van der Waals surface area contributed by atoms with Gasteiger partial charge in [0.05, 0.1) is 11.5 Å². The quantitative estimate of drug-likeness (QED) is 0.531. The lowest BCUT2D eigenvalue weighted by Gasteiger charge is -2.31. The molecule has 0 atom stereocenters. The molecule has 11 heavy (non-hydrogen) atoms. The van der Waals surface area contributed by atoms with Gasteiger partial charge in [-0.2, -0.15) is 0 Å². The summed E-state index contributed by atoms with van der Waals surface area (Å²) in [5.41, 5.74) is 10.8. The van der Waals surface area contributed by atoms with Gasteiger partial charge < -0.3 is 11.5 Å². The lowest BCUT2D eigenvalue weighted by molar-refractivity contribution is 0.392. The summed E-state index contributed by atoms with van der Waals surface area (Å²) in [7, 11) is -2.80. The largest absolute Gasteiger partial charge is 0.329 e. The molecule has 4 N–H and O–H groups in total. The van der Waals surface area contributed by atoms with Gasteiger partial charge in [0.15, 0.2) is 0 Å². The Morgan fingerprint density at radius 2 is 1.73 bits per heavy atom. The Labute approximate surface area is 66.9 Å². The Balaban J connectivity index is 2.62. The summed E-state index contributed by atoms with van der Waals surface area (Å²) >= 11 is 0. The van der Waals surface area contributed by atoms with Gasteiger partial charge in [-0.15, -0.1) is 0 Å². The van der Waals surface area contributed by atoms with Crippen LogP contribution in [-0.4, -0.2) is 32.0 Å². The van der Waals surface area contributed by atoms with Crippen LogP contribution in [0.2, 0.25) is 0 Å². The smallest absolute Gasteiger partial charge is 0.150 e. The van der Waals surface area contributed by atoms with E-state index < -0.39 is 15.4 Å². The number of sulfone groups is 1. The molecule has 5 heteroatoms. The van der Waals surface area contributed by atoms with Crippen LogP contribution < -0.4 is 11.5 Å². The molecule has 0 aromatic heterocycles. The minimum absolute atomic E-state index is 0.195. The van der Waals surface area contributed by atoms with E-state index >= 15 is 0 Å². The van der Waals surface area contributed by atoms with E-state index in [1.807, 2.05) is 0 Å². The van der Waals surface area contributed by atoms with Crippen LogP contribution in [0.25, 0.3) is 0 Å². The fourth-order valence-corrected chi connectivity index (χ4v) is 2.79. The zero-order valence-corrected chi connectivity index (χ0v) is 7.23. The van der Waals surface area contributed by atoms with Gasteiger partial charge in [0.2, 0.25) is 0 Å². The molecule has 1 saturated heterocycles. The van der Waals surface area contributed by atoms with Crippen molar-refractivity contribution in [3.8, 4) is 0 Å². The summed E-state index contributed by atoms with van der Waals surface area (Å²) in [6.45, 7) is 0.377. The summed E-state index contributed by atoms with van der Waals surface area (Å²) < 4.78 is 21.9. The number of nitrogens with two attached hydrogens (primary N) is 2. The summed E-state index contributed by atoms with van der Waals surface area (Å²) in [6.07, 6.45) is 1.01. The van der Waals surface area contributed by atoms with Crippen molar-refractivity contribution < 1.29 is 8.42 Å². The van der Waals surface area contributed by atoms with Gasteiger partial charge in [0.1, 0.15) is 9.84 Å². The molecule has 0 radical (unpaired) electrons. The predicted molar refractivity (Wildman–Crippen MR) is 43.9 cm³/mol. The van der Waals surface area contributed by atoms with Crippen molar-refractivity contribution in [2.24, 2.45) is 11.5 Å². The topological polar surface area (TPSA) is 86.2 Å². The zero-order chi connectivity index (χ0) is 8.54. The van der Waals surface area contributed by atoms with Crippen LogP contribution in [0.4, 0.5) is 0 Å². The Morgan fingerprint density at radius 1 is 1.27 bits per heavy atom. The third-order valence-electron chi connectivity index (χ3n) is 2.23. The lowest BCUT2D eigenvalue weighted by atomic mass is 9.94. The molecule has 0 saturated carbocycles. The normalized spacial score (nSPS) is 28.2. The van der Waals surface area contributed by atoms with Crippen LogP contribution in [-0.2, 0) is 9.84 Å². The molecule has 1 fully saturated rings. The highest BCUT2D eigenvalue weighted by Gasteiger charge is 2.32. The van der Waals surface area contributed by atoms with Crippen LogP contribution in [0.1, 0.15) is 12.8 Å². The second kappa shape index (κ2) is 2.73. The molecule has 0 aromatic carbocycles. The van der Waals surface area contributed by atoms with E-state index in [0.29, 0.717) is 19.4 Å². The minimum Gasteiger partial charge on any atom is -0.329 e. The maximum Gasteiger partial charge on any atom is 0.150 e. The van der Waals surface area contributed by atoms with E-state index in [-0.39, 0.29) is 11.5 Å². The van der Waals surface area contributed by atoms with E-state index in [9.17, 15) is 8.42 Å². The second-order valence-corrected chi connectivity index (χ2v) is 5.52. The Bertz CT molecular complexity index is 221. The molecular formula is C6H14N2O2S. The van der Waals surface area contributed by atoms with Gasteiger partial charge in [-0.05, 0) is 12.8 Å². The molecule has 1 aliphatic rings. The molecule has 1 rings (SSSR count). The van der Waals surface area contributed by atoms with Crippen molar-refractivity contribution in [3.63, 3.8) is 0 Å². The Morgan fingerprint density at radius 3 is 2.09 bits per heavy atom. The number of hydrogen-bond donors (Lipinski definition) is 2. The van der Waals surface area contributed by atoms with Crippen molar-refractivity contribution in [2.75, 3.05) is 18.1 Å². The summed E-state index contributed by atoms with van der Waals surface area (Å²) in [6, 6.07) is 0. The fraction of sp³-hybridized carbons (Fsp3) is 1.00. The summed E-state index contributed by atoms with van der Waals surface area (Å²) in [5.74, 6) is 0.390. The first-order chi connectivity index (χ1) is 4.97. The van der Waals surface area contributed by atoms with Gasteiger partial charge in [0.25, 0.3) is 0 Å². The van der Waals surface area contributed by atoms with Crippen molar-refractivity contribution >= 4 is 9.84 Å². The van der Waals surface area contributed by atoms with Crippen molar-refractivity contribution in [2.45, 2.75) is 18.4 Å². The number of rotatable bonds is 1. The van der Waals surface area contributed by atoms with Crippen LogP contribution >= 0.6 is 0 Å². The molecule has 0 aliphatic carbocycles. The first kappa shape index (κ1) is 8.96. The summed E-state index contributed by atoms with van der Waals surface area (Å²) in [5, 5.41) is 0. The molecule has 66 valence electrons. The molecule has 0 spiro atoms. The Kier molecular flexibility index (Phi) is 2.22. The van der Waals surface area contributed by atoms with Gasteiger partial charge in [0, 0.05) is 12.1 Å². The van der Waals surface area contributed by atoms with E-state index in [2.05, 4.69) is 0 Å². The van der Waals surface area contributed by atoms with Crippen molar-refractivity contribution in [3.05, 3.63) is 0 Å². The molecule has 0 amide bonds. The first-order valence-electron chi connectivity index (χ1n) is 3.67. The predicted octanol–water partition coefficient (Wildman–Crippen LogP) is -1.15. The van der Waals surface area contributed by atoms with E-state index in [1.165, 1.54) is 0 Å². The van der Waals surface area contributed by atoms with E-state index in [4.69, 9.17) is 11.5 Å². The SMILES string of the molecule is NCC1(N)CCS(=O)(=O)CC1. The second-order valence-electron chi connectivity index (χ2n) is 3.22. The number of hydrogen-bond acceptors (Lipinski definition) is 4. The molecule has 1 heterocycles. The average molecular weight is 178 g/mol. The lowest BCUT2D eigenvalue weighted by Crippen LogP contribution is -2.52. The van der Waals surface area contributed by atoms with Crippen LogP contribution in [0, 0.1) is 0 Å². The molecule has 0 unspecified atom stereocenters. The molecular weight excluding hydrogens is 164 g/mol. The third kappa shape index (κ3) is 2.15. The van der Waals surface area contributed by atoms with Gasteiger partial charge >= 0.3 is 0 Å². The van der Waals surface area contributed by atoms with Crippen molar-refractivity contribution in [1.29, 1.82) is 0 Å². The van der Waals surface area contributed by atoms with Crippen LogP contribution in [0.3, 0.4) is 0 Å². The van der Waals surface area contributed by atoms with Gasteiger partial charge in [-0.3, -0.25) is 0 Å². The zero-order valence-electron chi connectivity index (χ0n) is 6.41. The van der Waals surface area contributed by atoms with Crippen molar-refractivity contribution in [1.82, 2.24) is 0 Å². The van der Waals surface area contributed by atoms with Gasteiger partial charge in [-0.1, -0.05) is 0 Å². The van der Waals surface area contributed by atoms with Gasteiger partial charge in [-0.25, -0.2) is 8.42 Å². The highest BCUT2D eigenvalue weighted by Crippen LogP contribution is 2.19. The maximum absolute atomic E-state index is 11.0. The van der Waals surface area contributed by atoms with E-state index in [1.54, 1.807) is 0 Å². The van der Waals surface area contributed by atoms with E-state index in [0.717, 1.165) is 0 Å². The highest BCUT2D eigenvalue weighted by atomic mass is 32.2. The first-order valence-corrected chi connectivity index (χ1v) is 5.49. The summed E-state index contributed by atoms with van der Waals surface area (Å²) in [4.78, 5) is 0. The Hall–Kier alpha value is -0.130. The molecule has 0 aromatic rings. The highest BCUT2D eigenvalue weighted by molar-refractivity contribution is 7.91. The minimum atomic E-state index is -2.80. The van der Waals surface area contributed by atoms with Crippen LogP contribution in [0.5, 0.6) is 0 Å². The third-order valence-corrected chi connectivity index (χ3v) is 3.88.